The van der Waals surface area contributed by atoms with Crippen molar-refractivity contribution in [2.75, 3.05) is 19.3 Å². The lowest BCUT2D eigenvalue weighted by molar-refractivity contribution is -0.125. The molecule has 1 N–H and O–H groups in total. The molecule has 0 aromatic heterocycles. The standard InChI is InChI=1S/C15H22N2O3S/c1-21(19,20)17-12-6-5-9-14(17)15(18)16-11-10-13-7-3-2-4-8-13/h2-4,7-8,14H,5-6,9-12H2,1H3,(H,16,18)/t14-/m1/s1. The molecule has 0 saturated carbocycles. The highest BCUT2D eigenvalue weighted by Crippen LogP contribution is 2.19. The van der Waals surface area contributed by atoms with Gasteiger partial charge in [0, 0.05) is 13.1 Å². The Kier molecular flexibility index (Phi) is 5.36. The second kappa shape index (κ2) is 7.04. The van der Waals surface area contributed by atoms with Gasteiger partial charge in [0.1, 0.15) is 6.04 Å². The van der Waals surface area contributed by atoms with Gasteiger partial charge in [0.15, 0.2) is 0 Å². The van der Waals surface area contributed by atoms with Gasteiger partial charge in [0.05, 0.1) is 6.26 Å². The number of hydrogen-bond donors (Lipinski definition) is 1. The van der Waals surface area contributed by atoms with Crippen molar-refractivity contribution in [3.05, 3.63) is 35.9 Å². The Morgan fingerprint density at radius 1 is 1.29 bits per heavy atom. The summed E-state index contributed by atoms with van der Waals surface area (Å²) in [4.78, 5) is 12.2. The van der Waals surface area contributed by atoms with Gasteiger partial charge in [-0.05, 0) is 24.8 Å². The molecule has 2 rings (SSSR count). The summed E-state index contributed by atoms with van der Waals surface area (Å²) in [5.41, 5.74) is 1.15. The van der Waals surface area contributed by atoms with E-state index in [0.29, 0.717) is 19.5 Å². The number of hydrogen-bond acceptors (Lipinski definition) is 3. The van der Waals surface area contributed by atoms with Crippen molar-refractivity contribution in [3.63, 3.8) is 0 Å². The highest BCUT2D eigenvalue weighted by Gasteiger charge is 2.34. The van der Waals surface area contributed by atoms with Crippen LogP contribution in [0.3, 0.4) is 0 Å². The zero-order chi connectivity index (χ0) is 15.3. The van der Waals surface area contributed by atoms with E-state index >= 15 is 0 Å². The Balaban J connectivity index is 1.89. The minimum atomic E-state index is -3.32. The first kappa shape index (κ1) is 16.0. The Hall–Kier alpha value is -1.40. The molecule has 1 aliphatic rings. The van der Waals surface area contributed by atoms with Crippen LogP contribution in [-0.2, 0) is 21.2 Å². The lowest BCUT2D eigenvalue weighted by Gasteiger charge is -2.32. The molecule has 1 amide bonds. The number of nitrogens with one attached hydrogen (secondary N) is 1. The van der Waals surface area contributed by atoms with Gasteiger partial charge in [-0.1, -0.05) is 36.8 Å². The van der Waals surface area contributed by atoms with Gasteiger partial charge in [0.2, 0.25) is 15.9 Å². The second-order valence-corrected chi connectivity index (χ2v) is 7.35. The Morgan fingerprint density at radius 3 is 2.67 bits per heavy atom. The molecule has 1 atom stereocenters. The van der Waals surface area contributed by atoms with Crippen LogP contribution in [-0.4, -0.2) is 44.0 Å². The third-order valence-corrected chi connectivity index (χ3v) is 5.03. The van der Waals surface area contributed by atoms with Crippen molar-refractivity contribution in [1.82, 2.24) is 9.62 Å². The molecule has 0 unspecified atom stereocenters. The van der Waals surface area contributed by atoms with Crippen LogP contribution in [0.1, 0.15) is 24.8 Å². The zero-order valence-electron chi connectivity index (χ0n) is 12.3. The predicted octanol–water partition coefficient (Wildman–Crippen LogP) is 1.16. The smallest absolute Gasteiger partial charge is 0.238 e. The number of rotatable bonds is 5. The molecule has 1 aromatic carbocycles. The summed E-state index contributed by atoms with van der Waals surface area (Å²) in [6.45, 7) is 0.965. The van der Waals surface area contributed by atoms with E-state index in [-0.39, 0.29) is 5.91 Å². The maximum atomic E-state index is 12.2. The van der Waals surface area contributed by atoms with Gasteiger partial charge in [-0.15, -0.1) is 0 Å². The number of carbonyl (C=O) groups excluding carboxylic acids is 1. The van der Waals surface area contributed by atoms with Crippen LogP contribution in [0.5, 0.6) is 0 Å². The third kappa shape index (κ3) is 4.54. The topological polar surface area (TPSA) is 66.5 Å². The number of carbonyl (C=O) groups is 1. The number of nitrogens with zero attached hydrogens (tertiary/aromatic N) is 1. The summed E-state index contributed by atoms with van der Waals surface area (Å²) < 4.78 is 24.8. The molecule has 6 heteroatoms. The molecular formula is C15H22N2O3S. The molecule has 5 nitrogen and oxygen atoms in total. The average Bonchev–Trinajstić information content (AvgIpc) is 2.47. The minimum absolute atomic E-state index is 0.184. The maximum Gasteiger partial charge on any atom is 0.238 e. The van der Waals surface area contributed by atoms with E-state index in [9.17, 15) is 13.2 Å². The van der Waals surface area contributed by atoms with E-state index in [0.717, 1.165) is 24.8 Å². The van der Waals surface area contributed by atoms with Crippen molar-refractivity contribution >= 4 is 15.9 Å². The number of piperidine rings is 1. The predicted molar refractivity (Wildman–Crippen MR) is 82.3 cm³/mol. The minimum Gasteiger partial charge on any atom is -0.354 e. The van der Waals surface area contributed by atoms with E-state index < -0.39 is 16.1 Å². The second-order valence-electron chi connectivity index (χ2n) is 5.41. The fourth-order valence-electron chi connectivity index (χ4n) is 2.66. The van der Waals surface area contributed by atoms with E-state index in [1.807, 2.05) is 30.3 Å². The number of sulfonamides is 1. The van der Waals surface area contributed by atoms with Crippen molar-refractivity contribution in [3.8, 4) is 0 Å². The maximum absolute atomic E-state index is 12.2. The molecule has 1 saturated heterocycles. The van der Waals surface area contributed by atoms with Gasteiger partial charge in [-0.25, -0.2) is 8.42 Å². The molecule has 1 fully saturated rings. The first-order chi connectivity index (χ1) is 9.98. The quantitative estimate of drug-likeness (QED) is 0.887. The van der Waals surface area contributed by atoms with Crippen LogP contribution in [0.25, 0.3) is 0 Å². The molecule has 0 aliphatic carbocycles. The van der Waals surface area contributed by atoms with Gasteiger partial charge in [-0.3, -0.25) is 4.79 Å². The van der Waals surface area contributed by atoms with E-state index in [1.165, 1.54) is 10.6 Å². The Labute approximate surface area is 126 Å². The summed E-state index contributed by atoms with van der Waals surface area (Å²) >= 11 is 0. The average molecular weight is 310 g/mol. The number of amides is 1. The Morgan fingerprint density at radius 2 is 2.00 bits per heavy atom. The molecule has 1 heterocycles. The van der Waals surface area contributed by atoms with Crippen LogP contribution >= 0.6 is 0 Å². The molecule has 0 bridgehead atoms. The van der Waals surface area contributed by atoms with Crippen LogP contribution < -0.4 is 5.32 Å². The molecule has 21 heavy (non-hydrogen) atoms. The van der Waals surface area contributed by atoms with Gasteiger partial charge in [-0.2, -0.15) is 4.31 Å². The van der Waals surface area contributed by atoms with E-state index in [1.54, 1.807) is 0 Å². The highest BCUT2D eigenvalue weighted by molar-refractivity contribution is 7.88. The summed E-state index contributed by atoms with van der Waals surface area (Å²) in [6, 6.07) is 9.34. The van der Waals surface area contributed by atoms with Crippen molar-refractivity contribution in [1.29, 1.82) is 0 Å². The van der Waals surface area contributed by atoms with Crippen molar-refractivity contribution in [2.24, 2.45) is 0 Å². The molecule has 116 valence electrons. The zero-order valence-corrected chi connectivity index (χ0v) is 13.1. The Bertz CT molecular complexity index is 572. The summed E-state index contributed by atoms with van der Waals surface area (Å²) in [7, 11) is -3.32. The van der Waals surface area contributed by atoms with Gasteiger partial charge in [0.25, 0.3) is 0 Å². The third-order valence-electron chi connectivity index (χ3n) is 3.74. The number of benzene rings is 1. The largest absolute Gasteiger partial charge is 0.354 e. The normalized spacial score (nSPS) is 20.1. The van der Waals surface area contributed by atoms with Crippen LogP contribution in [0.2, 0.25) is 0 Å². The summed E-state index contributed by atoms with van der Waals surface area (Å²) in [6.07, 6.45) is 4.23. The molecule has 1 aromatic rings. The first-order valence-electron chi connectivity index (χ1n) is 7.27. The molecular weight excluding hydrogens is 288 g/mol. The fraction of sp³-hybridized carbons (Fsp3) is 0.533. The van der Waals surface area contributed by atoms with E-state index in [2.05, 4.69) is 5.32 Å². The summed E-state index contributed by atoms with van der Waals surface area (Å²) in [5.74, 6) is -0.184. The van der Waals surface area contributed by atoms with Crippen molar-refractivity contribution in [2.45, 2.75) is 31.7 Å². The fourth-order valence-corrected chi connectivity index (χ4v) is 3.78. The van der Waals surface area contributed by atoms with Gasteiger partial charge >= 0.3 is 0 Å². The highest BCUT2D eigenvalue weighted by atomic mass is 32.2. The van der Waals surface area contributed by atoms with Crippen molar-refractivity contribution < 1.29 is 13.2 Å². The summed E-state index contributed by atoms with van der Waals surface area (Å²) in [5, 5.41) is 2.86. The monoisotopic (exact) mass is 310 g/mol. The van der Waals surface area contributed by atoms with Crippen LogP contribution in [0.15, 0.2) is 30.3 Å². The molecule has 1 aliphatic heterocycles. The first-order valence-corrected chi connectivity index (χ1v) is 9.12. The van der Waals surface area contributed by atoms with Crippen LogP contribution in [0.4, 0.5) is 0 Å². The van der Waals surface area contributed by atoms with Crippen LogP contribution in [0, 0.1) is 0 Å². The van der Waals surface area contributed by atoms with E-state index in [4.69, 9.17) is 0 Å². The molecule has 0 spiro atoms. The lowest BCUT2D eigenvalue weighted by atomic mass is 10.0. The SMILES string of the molecule is CS(=O)(=O)N1CCCC[C@@H]1C(=O)NCCc1ccccc1. The molecule has 0 radical (unpaired) electrons. The lowest BCUT2D eigenvalue weighted by Crippen LogP contribution is -2.51. The van der Waals surface area contributed by atoms with Gasteiger partial charge < -0.3 is 5.32 Å².